The Kier molecular flexibility index (Phi) is 6.01. The molecule has 0 saturated carbocycles. The lowest BCUT2D eigenvalue weighted by atomic mass is 10.0. The van der Waals surface area contributed by atoms with Crippen LogP contribution in [0.3, 0.4) is 0 Å². The van der Waals surface area contributed by atoms with Gasteiger partial charge in [-0.1, -0.05) is 26.0 Å². The fraction of sp³-hybridized carbons (Fsp3) is 0.571. The number of hydrogen-bond acceptors (Lipinski definition) is 3. The Hall–Kier alpha value is -1.06. The summed E-state index contributed by atoms with van der Waals surface area (Å²) in [6.45, 7) is 6.21. The van der Waals surface area contributed by atoms with E-state index in [9.17, 15) is 0 Å². The first-order valence-electron chi connectivity index (χ1n) is 6.17. The van der Waals surface area contributed by atoms with Gasteiger partial charge in [-0.15, -0.1) is 0 Å². The summed E-state index contributed by atoms with van der Waals surface area (Å²) in [7, 11) is 1.70. The van der Waals surface area contributed by atoms with E-state index in [1.54, 1.807) is 7.11 Å². The maximum Gasteiger partial charge on any atom is 0.123 e. The van der Waals surface area contributed by atoms with Gasteiger partial charge in [-0.2, -0.15) is 0 Å². The van der Waals surface area contributed by atoms with Crippen molar-refractivity contribution in [1.29, 1.82) is 0 Å². The first kappa shape index (κ1) is 14.0. The first-order chi connectivity index (χ1) is 8.19. The second kappa shape index (κ2) is 7.30. The summed E-state index contributed by atoms with van der Waals surface area (Å²) in [5.74, 6) is 1.45. The number of ether oxygens (including phenoxy) is 1. The van der Waals surface area contributed by atoms with Gasteiger partial charge in [0.2, 0.25) is 0 Å². The highest BCUT2D eigenvalue weighted by Gasteiger charge is 2.06. The van der Waals surface area contributed by atoms with E-state index in [0.29, 0.717) is 5.92 Å². The molecule has 0 aliphatic carbocycles. The van der Waals surface area contributed by atoms with Gasteiger partial charge in [-0.3, -0.25) is 0 Å². The zero-order chi connectivity index (χ0) is 12.7. The maximum absolute atomic E-state index is 8.72. The van der Waals surface area contributed by atoms with Gasteiger partial charge < -0.3 is 15.2 Å². The van der Waals surface area contributed by atoms with Gasteiger partial charge in [0.1, 0.15) is 5.75 Å². The Morgan fingerprint density at radius 1 is 1.35 bits per heavy atom. The van der Waals surface area contributed by atoms with Crippen LogP contribution in [-0.2, 0) is 6.54 Å². The predicted octanol–water partition coefficient (Wildman–Crippen LogP) is 2.29. The average molecular weight is 237 g/mol. The van der Waals surface area contributed by atoms with Gasteiger partial charge in [-0.25, -0.2) is 0 Å². The van der Waals surface area contributed by atoms with Crippen molar-refractivity contribution < 1.29 is 9.84 Å². The van der Waals surface area contributed by atoms with Gasteiger partial charge in [0.15, 0.2) is 0 Å². The highest BCUT2D eigenvalue weighted by atomic mass is 16.5. The third-order valence-corrected chi connectivity index (χ3v) is 2.80. The van der Waals surface area contributed by atoms with E-state index in [1.807, 2.05) is 6.07 Å². The highest BCUT2D eigenvalue weighted by molar-refractivity contribution is 5.38. The lowest BCUT2D eigenvalue weighted by Crippen LogP contribution is -2.16. The molecule has 1 aromatic rings. The SMILES string of the molecule is COc1ccc(C(C)C)cc1CNCCCO. The molecular formula is C14H23NO2. The van der Waals surface area contributed by atoms with Crippen LogP contribution in [0.1, 0.15) is 37.3 Å². The van der Waals surface area contributed by atoms with Gasteiger partial charge in [0, 0.05) is 18.7 Å². The summed E-state index contributed by atoms with van der Waals surface area (Å²) >= 11 is 0. The van der Waals surface area contributed by atoms with Crippen molar-refractivity contribution >= 4 is 0 Å². The number of hydrogen-bond donors (Lipinski definition) is 2. The molecule has 17 heavy (non-hydrogen) atoms. The fourth-order valence-electron chi connectivity index (χ4n) is 1.72. The maximum atomic E-state index is 8.72. The standard InChI is InChI=1S/C14H23NO2/c1-11(2)12-5-6-14(17-3)13(9-12)10-15-7-4-8-16/h5-6,9,11,15-16H,4,7-8,10H2,1-3H3. The molecule has 0 aliphatic heterocycles. The molecule has 0 radical (unpaired) electrons. The van der Waals surface area contributed by atoms with Crippen LogP contribution in [0, 0.1) is 0 Å². The topological polar surface area (TPSA) is 41.5 Å². The van der Waals surface area contributed by atoms with E-state index in [1.165, 1.54) is 11.1 Å². The third kappa shape index (κ3) is 4.36. The van der Waals surface area contributed by atoms with Crippen LogP contribution >= 0.6 is 0 Å². The van der Waals surface area contributed by atoms with E-state index >= 15 is 0 Å². The molecule has 0 bridgehead atoms. The fourth-order valence-corrected chi connectivity index (χ4v) is 1.72. The third-order valence-electron chi connectivity index (χ3n) is 2.80. The zero-order valence-corrected chi connectivity index (χ0v) is 11.0. The van der Waals surface area contributed by atoms with Gasteiger partial charge in [0.05, 0.1) is 7.11 Å². The number of aliphatic hydroxyl groups excluding tert-OH is 1. The Labute approximate surface area is 104 Å². The number of benzene rings is 1. The lowest BCUT2D eigenvalue weighted by Gasteiger charge is -2.13. The summed E-state index contributed by atoms with van der Waals surface area (Å²) in [4.78, 5) is 0. The van der Waals surface area contributed by atoms with Crippen LogP contribution in [0.5, 0.6) is 5.75 Å². The second-order valence-corrected chi connectivity index (χ2v) is 4.48. The van der Waals surface area contributed by atoms with E-state index < -0.39 is 0 Å². The Morgan fingerprint density at radius 3 is 2.71 bits per heavy atom. The van der Waals surface area contributed by atoms with Crippen LogP contribution in [0.15, 0.2) is 18.2 Å². The Bertz CT molecular complexity index is 337. The Balaban J connectivity index is 2.69. The Morgan fingerprint density at radius 2 is 2.12 bits per heavy atom. The van der Waals surface area contributed by atoms with Crippen molar-refractivity contribution in [3.63, 3.8) is 0 Å². The van der Waals surface area contributed by atoms with Crippen molar-refractivity contribution in [2.75, 3.05) is 20.3 Å². The molecule has 0 amide bonds. The minimum absolute atomic E-state index is 0.232. The molecular weight excluding hydrogens is 214 g/mol. The van der Waals surface area contributed by atoms with Gasteiger partial charge in [-0.05, 0) is 30.5 Å². The smallest absolute Gasteiger partial charge is 0.123 e. The molecule has 0 aliphatic rings. The van der Waals surface area contributed by atoms with Gasteiger partial charge >= 0.3 is 0 Å². The largest absolute Gasteiger partial charge is 0.496 e. The average Bonchev–Trinajstić information content (AvgIpc) is 2.34. The summed E-state index contributed by atoms with van der Waals surface area (Å²) in [6.07, 6.45) is 0.784. The van der Waals surface area contributed by atoms with Crippen molar-refractivity contribution in [3.8, 4) is 5.75 Å². The van der Waals surface area contributed by atoms with Crippen LogP contribution in [0.2, 0.25) is 0 Å². The molecule has 1 aromatic carbocycles. The van der Waals surface area contributed by atoms with Crippen LogP contribution in [-0.4, -0.2) is 25.4 Å². The molecule has 0 heterocycles. The van der Waals surface area contributed by atoms with Crippen molar-refractivity contribution in [2.45, 2.75) is 32.7 Å². The van der Waals surface area contributed by atoms with E-state index in [0.717, 1.165) is 25.3 Å². The molecule has 2 N–H and O–H groups in total. The normalized spacial score (nSPS) is 10.9. The van der Waals surface area contributed by atoms with Crippen LogP contribution in [0.4, 0.5) is 0 Å². The zero-order valence-electron chi connectivity index (χ0n) is 11.0. The summed E-state index contributed by atoms with van der Waals surface area (Å²) in [5.41, 5.74) is 2.50. The molecule has 96 valence electrons. The summed E-state index contributed by atoms with van der Waals surface area (Å²) in [6, 6.07) is 6.33. The van der Waals surface area contributed by atoms with E-state index in [-0.39, 0.29) is 6.61 Å². The molecule has 0 spiro atoms. The molecule has 0 aromatic heterocycles. The molecule has 3 nitrogen and oxygen atoms in total. The minimum Gasteiger partial charge on any atom is -0.496 e. The highest BCUT2D eigenvalue weighted by Crippen LogP contribution is 2.23. The van der Waals surface area contributed by atoms with E-state index in [2.05, 4.69) is 31.3 Å². The van der Waals surface area contributed by atoms with Crippen molar-refractivity contribution in [1.82, 2.24) is 5.32 Å². The van der Waals surface area contributed by atoms with Crippen LogP contribution < -0.4 is 10.1 Å². The monoisotopic (exact) mass is 237 g/mol. The molecule has 0 unspecified atom stereocenters. The molecule has 0 atom stereocenters. The molecule has 3 heteroatoms. The van der Waals surface area contributed by atoms with Crippen molar-refractivity contribution in [3.05, 3.63) is 29.3 Å². The quantitative estimate of drug-likeness (QED) is 0.715. The number of rotatable bonds is 7. The van der Waals surface area contributed by atoms with E-state index in [4.69, 9.17) is 9.84 Å². The number of aliphatic hydroxyl groups is 1. The van der Waals surface area contributed by atoms with Crippen molar-refractivity contribution in [2.24, 2.45) is 0 Å². The molecule has 0 saturated heterocycles. The number of methoxy groups -OCH3 is 1. The van der Waals surface area contributed by atoms with Crippen LogP contribution in [0.25, 0.3) is 0 Å². The summed E-state index contributed by atoms with van der Waals surface area (Å²) < 4.78 is 5.35. The number of nitrogens with one attached hydrogen (secondary N) is 1. The molecule has 1 rings (SSSR count). The second-order valence-electron chi connectivity index (χ2n) is 4.48. The molecule has 0 fully saturated rings. The first-order valence-corrected chi connectivity index (χ1v) is 6.17. The lowest BCUT2D eigenvalue weighted by molar-refractivity contribution is 0.286. The minimum atomic E-state index is 0.232. The van der Waals surface area contributed by atoms with Gasteiger partial charge in [0.25, 0.3) is 0 Å². The summed E-state index contributed by atoms with van der Waals surface area (Å²) in [5, 5.41) is 12.0. The predicted molar refractivity (Wildman–Crippen MR) is 70.5 cm³/mol.